The van der Waals surface area contributed by atoms with Gasteiger partial charge in [-0.1, -0.05) is 0 Å². The molecule has 1 atom stereocenters. The first kappa shape index (κ1) is 13.4. The van der Waals surface area contributed by atoms with E-state index in [0.717, 1.165) is 0 Å². The average molecular weight is 264 g/mol. The Balaban J connectivity index is 2.16. The van der Waals surface area contributed by atoms with E-state index in [1.165, 1.54) is 7.11 Å². The van der Waals surface area contributed by atoms with Gasteiger partial charge in [0.2, 0.25) is 0 Å². The van der Waals surface area contributed by atoms with Crippen LogP contribution in [-0.2, 0) is 9.53 Å². The third-order valence-electron chi connectivity index (χ3n) is 2.98. The second-order valence-corrected chi connectivity index (χ2v) is 4.24. The Morgan fingerprint density at radius 2 is 2.26 bits per heavy atom. The Hall–Kier alpha value is -2.04. The summed E-state index contributed by atoms with van der Waals surface area (Å²) >= 11 is 0. The number of hydrogen-bond acceptors (Lipinski definition) is 5. The van der Waals surface area contributed by atoms with Crippen molar-refractivity contribution in [1.82, 2.24) is 0 Å². The molecule has 0 saturated heterocycles. The number of esters is 1. The minimum Gasteiger partial charge on any atom is -0.497 e. The summed E-state index contributed by atoms with van der Waals surface area (Å²) in [6.45, 7) is 2.25. The van der Waals surface area contributed by atoms with Gasteiger partial charge in [-0.3, -0.25) is 9.59 Å². The van der Waals surface area contributed by atoms with Crippen LogP contribution in [0, 0.1) is 5.92 Å². The molecule has 2 rings (SSSR count). The maximum absolute atomic E-state index is 12.3. The van der Waals surface area contributed by atoms with Gasteiger partial charge in [-0.05, 0) is 25.1 Å². The molecule has 0 unspecified atom stereocenters. The lowest BCUT2D eigenvalue weighted by molar-refractivity contribution is -0.144. The molecule has 0 aliphatic carbocycles. The molecule has 0 radical (unpaired) electrons. The van der Waals surface area contributed by atoms with Gasteiger partial charge in [0.25, 0.3) is 0 Å². The minimum absolute atomic E-state index is 0.0450. The third-order valence-corrected chi connectivity index (χ3v) is 2.98. The number of ether oxygens (including phenoxy) is 3. The SMILES string of the molecule is CCOC(=O)C[C@H]1COc2ccc(OC)cc2C1=O. The number of rotatable bonds is 4. The molecule has 1 heterocycles. The van der Waals surface area contributed by atoms with Crippen LogP contribution in [0.4, 0.5) is 0 Å². The van der Waals surface area contributed by atoms with E-state index in [9.17, 15) is 9.59 Å². The molecule has 1 aliphatic rings. The first-order valence-electron chi connectivity index (χ1n) is 6.16. The lowest BCUT2D eigenvalue weighted by Gasteiger charge is -2.23. The largest absolute Gasteiger partial charge is 0.497 e. The van der Waals surface area contributed by atoms with Gasteiger partial charge >= 0.3 is 5.97 Å². The number of carbonyl (C=O) groups excluding carboxylic acids is 2. The van der Waals surface area contributed by atoms with Crippen LogP contribution in [0.5, 0.6) is 11.5 Å². The van der Waals surface area contributed by atoms with E-state index in [4.69, 9.17) is 14.2 Å². The van der Waals surface area contributed by atoms with Gasteiger partial charge in [-0.25, -0.2) is 0 Å². The highest BCUT2D eigenvalue weighted by molar-refractivity contribution is 6.03. The Kier molecular flexibility index (Phi) is 4.04. The summed E-state index contributed by atoms with van der Waals surface area (Å²) in [6.07, 6.45) is 0.0450. The van der Waals surface area contributed by atoms with Gasteiger partial charge in [0.15, 0.2) is 5.78 Å². The maximum atomic E-state index is 12.3. The summed E-state index contributed by atoms with van der Waals surface area (Å²) in [4.78, 5) is 23.7. The van der Waals surface area contributed by atoms with E-state index in [2.05, 4.69) is 0 Å². The lowest BCUT2D eigenvalue weighted by atomic mass is 9.92. The Labute approximate surface area is 111 Å². The van der Waals surface area contributed by atoms with Crippen LogP contribution >= 0.6 is 0 Å². The number of ketones is 1. The topological polar surface area (TPSA) is 61.8 Å². The number of Topliss-reactive ketones (excluding diaryl/α,β-unsaturated/α-hetero) is 1. The summed E-state index contributed by atoms with van der Waals surface area (Å²) in [5.74, 6) is 0.154. The predicted molar refractivity (Wildman–Crippen MR) is 67.6 cm³/mol. The number of hydrogen-bond donors (Lipinski definition) is 0. The molecule has 1 aromatic carbocycles. The van der Waals surface area contributed by atoms with Crippen molar-refractivity contribution in [3.05, 3.63) is 23.8 Å². The highest BCUT2D eigenvalue weighted by atomic mass is 16.5. The Morgan fingerprint density at radius 3 is 2.95 bits per heavy atom. The van der Waals surface area contributed by atoms with Gasteiger partial charge in [0, 0.05) is 0 Å². The van der Waals surface area contributed by atoms with E-state index < -0.39 is 5.92 Å². The van der Waals surface area contributed by atoms with Crippen LogP contribution < -0.4 is 9.47 Å². The molecule has 0 fully saturated rings. The summed E-state index contributed by atoms with van der Waals surface area (Å²) in [5.41, 5.74) is 0.458. The Morgan fingerprint density at radius 1 is 1.47 bits per heavy atom. The quantitative estimate of drug-likeness (QED) is 0.776. The second kappa shape index (κ2) is 5.73. The first-order chi connectivity index (χ1) is 9.15. The predicted octanol–water partition coefficient (Wildman–Crippen LogP) is 1.84. The highest BCUT2D eigenvalue weighted by Crippen LogP contribution is 2.31. The zero-order chi connectivity index (χ0) is 13.8. The summed E-state index contributed by atoms with van der Waals surface area (Å²) in [7, 11) is 1.53. The standard InChI is InChI=1S/C14H16O5/c1-3-18-13(15)6-9-8-19-12-5-4-10(17-2)7-11(12)14(9)16/h4-5,7,9H,3,6,8H2,1-2H3/t9-/m0/s1. The molecule has 1 aromatic rings. The van der Waals surface area contributed by atoms with Gasteiger partial charge in [-0.2, -0.15) is 0 Å². The maximum Gasteiger partial charge on any atom is 0.306 e. The minimum atomic E-state index is -0.487. The van der Waals surface area contributed by atoms with Crippen LogP contribution in [0.25, 0.3) is 0 Å². The van der Waals surface area contributed by atoms with E-state index >= 15 is 0 Å². The average Bonchev–Trinajstić information content (AvgIpc) is 2.42. The zero-order valence-corrected chi connectivity index (χ0v) is 11.0. The Bertz CT molecular complexity index is 495. The molecule has 1 aliphatic heterocycles. The van der Waals surface area contributed by atoms with Gasteiger partial charge in [0.1, 0.15) is 11.5 Å². The van der Waals surface area contributed by atoms with Crippen molar-refractivity contribution in [2.45, 2.75) is 13.3 Å². The van der Waals surface area contributed by atoms with Crippen molar-refractivity contribution in [2.75, 3.05) is 20.3 Å². The molecule has 19 heavy (non-hydrogen) atoms. The van der Waals surface area contributed by atoms with Gasteiger partial charge in [0.05, 0.1) is 38.2 Å². The monoisotopic (exact) mass is 264 g/mol. The molecular weight excluding hydrogens is 248 g/mol. The van der Waals surface area contributed by atoms with Crippen molar-refractivity contribution in [3.8, 4) is 11.5 Å². The van der Waals surface area contributed by atoms with Gasteiger partial charge in [-0.15, -0.1) is 0 Å². The van der Waals surface area contributed by atoms with Crippen molar-refractivity contribution in [1.29, 1.82) is 0 Å². The van der Waals surface area contributed by atoms with Crippen LogP contribution in [0.15, 0.2) is 18.2 Å². The number of carbonyl (C=O) groups is 2. The molecule has 5 nitrogen and oxygen atoms in total. The fourth-order valence-corrected chi connectivity index (χ4v) is 2.01. The molecule has 0 N–H and O–H groups in total. The fourth-order valence-electron chi connectivity index (χ4n) is 2.01. The van der Waals surface area contributed by atoms with Crippen LogP contribution in [0.3, 0.4) is 0 Å². The molecular formula is C14H16O5. The van der Waals surface area contributed by atoms with Crippen molar-refractivity contribution in [3.63, 3.8) is 0 Å². The van der Waals surface area contributed by atoms with Crippen LogP contribution in [0.1, 0.15) is 23.7 Å². The smallest absolute Gasteiger partial charge is 0.306 e. The third kappa shape index (κ3) is 2.86. The highest BCUT2D eigenvalue weighted by Gasteiger charge is 2.31. The summed E-state index contributed by atoms with van der Waals surface area (Å²) in [6, 6.07) is 5.07. The van der Waals surface area contributed by atoms with Gasteiger partial charge < -0.3 is 14.2 Å². The first-order valence-corrected chi connectivity index (χ1v) is 6.16. The lowest BCUT2D eigenvalue weighted by Crippen LogP contribution is -2.30. The van der Waals surface area contributed by atoms with Crippen molar-refractivity contribution < 1.29 is 23.8 Å². The molecule has 5 heteroatoms. The molecule has 0 amide bonds. The fraction of sp³-hybridized carbons (Fsp3) is 0.429. The summed E-state index contributed by atoms with van der Waals surface area (Å²) < 4.78 is 15.4. The summed E-state index contributed by atoms with van der Waals surface area (Å²) in [5, 5.41) is 0. The van der Waals surface area contributed by atoms with E-state index in [1.807, 2.05) is 0 Å². The van der Waals surface area contributed by atoms with Crippen LogP contribution in [-0.4, -0.2) is 32.1 Å². The number of methoxy groups -OCH3 is 1. The molecule has 102 valence electrons. The molecule has 0 saturated carbocycles. The van der Waals surface area contributed by atoms with Crippen molar-refractivity contribution in [2.24, 2.45) is 5.92 Å². The number of fused-ring (bicyclic) bond motifs is 1. The second-order valence-electron chi connectivity index (χ2n) is 4.24. The molecule has 0 spiro atoms. The van der Waals surface area contributed by atoms with E-state index in [-0.39, 0.29) is 24.8 Å². The molecule has 0 bridgehead atoms. The zero-order valence-electron chi connectivity index (χ0n) is 11.0. The van der Waals surface area contributed by atoms with E-state index in [0.29, 0.717) is 23.7 Å². The van der Waals surface area contributed by atoms with E-state index in [1.54, 1.807) is 25.1 Å². The number of benzene rings is 1. The normalized spacial score (nSPS) is 17.4. The van der Waals surface area contributed by atoms with Crippen molar-refractivity contribution >= 4 is 11.8 Å². The van der Waals surface area contributed by atoms with Crippen LogP contribution in [0.2, 0.25) is 0 Å². The molecule has 0 aromatic heterocycles.